The second-order valence-electron chi connectivity index (χ2n) is 29.8. The molecular formula is C62H102O33S. The third-order valence-corrected chi connectivity index (χ3v) is 23.6. The van der Waals surface area contributed by atoms with E-state index in [9.17, 15) is 94.7 Å². The number of rotatable bonds is 20. The third kappa shape index (κ3) is 14.4. The van der Waals surface area contributed by atoms with Gasteiger partial charge in [0.15, 0.2) is 37.7 Å². The highest BCUT2D eigenvalue weighted by molar-refractivity contribution is 7.80. The van der Waals surface area contributed by atoms with Crippen molar-refractivity contribution in [3.63, 3.8) is 0 Å². The lowest BCUT2D eigenvalue weighted by Gasteiger charge is -2.60. The van der Waals surface area contributed by atoms with Crippen molar-refractivity contribution in [3.05, 3.63) is 11.6 Å². The van der Waals surface area contributed by atoms with Crippen molar-refractivity contribution >= 4 is 10.4 Å². The van der Waals surface area contributed by atoms with Crippen LogP contribution in [0.4, 0.5) is 0 Å². The van der Waals surface area contributed by atoms with Gasteiger partial charge in [-0.1, -0.05) is 39.3 Å². The van der Waals surface area contributed by atoms with Gasteiger partial charge < -0.3 is 143 Å². The molecule has 7 aliphatic heterocycles. The lowest BCUT2D eigenvalue weighted by atomic mass is 9.47. The van der Waals surface area contributed by atoms with Crippen LogP contribution >= 0.6 is 0 Å². The fourth-order valence-electron chi connectivity index (χ4n) is 17.6. The van der Waals surface area contributed by atoms with E-state index in [4.69, 9.17) is 65.8 Å². The molecule has 11 rings (SSSR count). The van der Waals surface area contributed by atoms with E-state index in [0.29, 0.717) is 25.2 Å². The molecule has 10 fully saturated rings. The molecule has 33 nitrogen and oxygen atoms in total. The number of aliphatic hydroxyl groups excluding tert-OH is 15. The Morgan fingerprint density at radius 3 is 1.62 bits per heavy atom. The van der Waals surface area contributed by atoms with Crippen molar-refractivity contribution in [1.82, 2.24) is 0 Å². The van der Waals surface area contributed by atoms with Crippen LogP contribution in [-0.4, -0.2) is 323 Å². The fraction of sp³-hybridized carbons (Fsp3) is 0.968. The summed E-state index contributed by atoms with van der Waals surface area (Å²) in [5.74, 6) is -0.361. The normalized spacial score (nSPS) is 53.8. The molecule has 0 aromatic carbocycles. The van der Waals surface area contributed by atoms with Crippen LogP contribution in [0, 0.1) is 40.4 Å². The Morgan fingerprint density at radius 2 is 1.04 bits per heavy atom. The first-order valence-corrected chi connectivity index (χ1v) is 35.0. The zero-order valence-electron chi connectivity index (χ0n) is 54.8. The average molecular weight is 1410 g/mol. The predicted molar refractivity (Wildman–Crippen MR) is 317 cm³/mol. The summed E-state index contributed by atoms with van der Waals surface area (Å²) < 4.78 is 119. The molecule has 96 heavy (non-hydrogen) atoms. The number of aliphatic hydroxyl groups is 16. The molecule has 4 aliphatic carbocycles. The molecule has 3 saturated carbocycles. The van der Waals surface area contributed by atoms with Crippen molar-refractivity contribution < 1.29 is 160 Å². The van der Waals surface area contributed by atoms with E-state index >= 15 is 0 Å². The van der Waals surface area contributed by atoms with Crippen molar-refractivity contribution in [3.8, 4) is 0 Å². The van der Waals surface area contributed by atoms with Gasteiger partial charge in [-0.15, -0.1) is 0 Å². The zero-order valence-corrected chi connectivity index (χ0v) is 55.7. The fourth-order valence-corrected chi connectivity index (χ4v) is 18.2. The summed E-state index contributed by atoms with van der Waals surface area (Å²) in [5, 5.41) is 180. The van der Waals surface area contributed by atoms with E-state index in [0.717, 1.165) is 19.3 Å². The van der Waals surface area contributed by atoms with Crippen molar-refractivity contribution in [1.29, 1.82) is 0 Å². The van der Waals surface area contributed by atoms with Crippen molar-refractivity contribution in [2.45, 2.75) is 315 Å². The van der Waals surface area contributed by atoms with Gasteiger partial charge in [0.05, 0.1) is 62.0 Å². The molecule has 7 heterocycles. The van der Waals surface area contributed by atoms with Crippen molar-refractivity contribution in [2.75, 3.05) is 19.8 Å². The summed E-state index contributed by atoms with van der Waals surface area (Å²) in [4.78, 5) is 0. The molecule has 34 heteroatoms. The number of epoxide rings is 1. The van der Waals surface area contributed by atoms with Gasteiger partial charge in [0.2, 0.25) is 0 Å². The smallest absolute Gasteiger partial charge is 0.394 e. The molecule has 7 saturated heterocycles. The Balaban J connectivity index is 0.843. The summed E-state index contributed by atoms with van der Waals surface area (Å²) in [6.07, 6.45) is -47.7. The molecule has 40 atom stereocenters. The highest BCUT2D eigenvalue weighted by atomic mass is 32.3. The lowest BCUT2D eigenvalue weighted by molar-refractivity contribution is -0.402. The minimum Gasteiger partial charge on any atom is -0.394 e. The SMILES string of the molecule is CC(C)C[C@@H]1O[C@H]1[C@](C)(O)[C@H]1CCC2C3C[C@H](OC4OC(C)C(O)C(OC5OCC(OC6OC(CO)C(O)C(O)C6OC6OC(C)C(O)C(OC7OC(CO)C(O)C(O)C7O)C6O)C(O)C5OC5OC(C)C(O)C(O)C5O)C4O)C4C[C@@H](OS(=O)(=O)O)CC[C@]4(C)C3=CC[C@@]21C. The van der Waals surface area contributed by atoms with Gasteiger partial charge >= 0.3 is 10.4 Å². The quantitative estimate of drug-likeness (QED) is 0.0308. The van der Waals surface area contributed by atoms with Gasteiger partial charge in [0.25, 0.3) is 0 Å². The third-order valence-electron chi connectivity index (χ3n) is 23.0. The van der Waals surface area contributed by atoms with E-state index in [-0.39, 0.29) is 42.8 Å². The van der Waals surface area contributed by atoms with Crippen molar-refractivity contribution in [2.24, 2.45) is 40.4 Å². The van der Waals surface area contributed by atoms with E-state index < -0.39 is 243 Å². The zero-order chi connectivity index (χ0) is 69.9. The lowest BCUT2D eigenvalue weighted by Crippen LogP contribution is -2.67. The van der Waals surface area contributed by atoms with Gasteiger partial charge in [-0.3, -0.25) is 4.55 Å². The Morgan fingerprint density at radius 1 is 0.542 bits per heavy atom. The summed E-state index contributed by atoms with van der Waals surface area (Å²) in [7, 11) is -4.90. The monoisotopic (exact) mass is 1410 g/mol. The molecule has 0 aromatic rings. The maximum atomic E-state index is 12.5. The summed E-state index contributed by atoms with van der Waals surface area (Å²) >= 11 is 0. The molecule has 32 unspecified atom stereocenters. The highest BCUT2D eigenvalue weighted by Crippen LogP contribution is 2.68. The second kappa shape index (κ2) is 29.2. The van der Waals surface area contributed by atoms with E-state index in [1.54, 1.807) is 0 Å². The van der Waals surface area contributed by atoms with Crippen LogP contribution in [0.25, 0.3) is 0 Å². The maximum absolute atomic E-state index is 12.5. The van der Waals surface area contributed by atoms with Gasteiger partial charge in [0, 0.05) is 0 Å². The Bertz CT molecular complexity index is 2750. The Kier molecular flexibility index (Phi) is 23.0. The van der Waals surface area contributed by atoms with E-state index in [1.165, 1.54) is 26.3 Å². The van der Waals surface area contributed by atoms with E-state index in [1.807, 2.05) is 6.92 Å². The number of hydrogen-bond acceptors (Lipinski definition) is 32. The van der Waals surface area contributed by atoms with Crippen LogP contribution in [0.5, 0.6) is 0 Å². The van der Waals surface area contributed by atoms with Crippen LogP contribution in [0.1, 0.15) is 107 Å². The molecular weight excluding hydrogens is 1300 g/mol. The van der Waals surface area contributed by atoms with Gasteiger partial charge in [-0.25, -0.2) is 4.18 Å². The van der Waals surface area contributed by atoms with Gasteiger partial charge in [0.1, 0.15) is 128 Å². The van der Waals surface area contributed by atoms with Crippen LogP contribution in [-0.2, 0) is 76.2 Å². The van der Waals surface area contributed by atoms with Crippen LogP contribution < -0.4 is 0 Å². The molecule has 11 aliphatic rings. The Hall–Kier alpha value is -1.55. The van der Waals surface area contributed by atoms with E-state index in [2.05, 4.69) is 33.8 Å². The predicted octanol–water partition coefficient (Wildman–Crippen LogP) is -5.04. The number of fused-ring (bicyclic) bond motifs is 5. The average Bonchev–Trinajstić information content (AvgIpc) is 1.40. The minimum absolute atomic E-state index is 0.0387. The standard InChI is InChI=1S/C62H102O33S/c1-21(2)15-31-53(86-31)62(8,78)35-10-9-27-26-17-30(29-16-25(95-96(79,80)81)11-13-60(29,6)28(26)12-14-61(27,35)7)87-56-47(76)50(38(67)23(4)84-56)92-58-51(93-54-45(74)42(71)36(65)22(3)83-54)41(70)34(20-82-58)90-59-52(44(73)40(69)33(19-64)89-59)94-57-48(77)49(37(66)24(5)85-57)91-55-46(75)43(72)39(68)32(18-63)88-55/h12,21-27,29-59,63-78H,9-11,13-20H2,1-8H3,(H,79,80,81)/t22?,23?,24?,25-,26?,27?,29?,30-,31-,32?,33?,34?,35-,36?,37?,38?,39?,40?,41?,42?,43?,44?,45?,46?,47?,48?,49?,50?,51?,52?,53+,54?,55?,56?,57?,58?,59?,60+,61-,62+/m0/s1. The minimum atomic E-state index is -4.90. The summed E-state index contributed by atoms with van der Waals surface area (Å²) in [6.45, 7) is 12.1. The Labute approximate surface area is 555 Å². The molecule has 0 bridgehead atoms. The topological polar surface area (TPSA) is 511 Å². The molecule has 0 aromatic heterocycles. The number of ether oxygens (including phenoxy) is 13. The summed E-state index contributed by atoms with van der Waals surface area (Å²) in [5.41, 5.74) is -1.00. The maximum Gasteiger partial charge on any atom is 0.397 e. The van der Waals surface area contributed by atoms with Crippen LogP contribution in [0.3, 0.4) is 0 Å². The molecule has 0 amide bonds. The summed E-state index contributed by atoms with van der Waals surface area (Å²) in [6, 6.07) is 0. The molecule has 554 valence electrons. The molecule has 17 N–H and O–H groups in total. The van der Waals surface area contributed by atoms with Crippen LogP contribution in [0.15, 0.2) is 11.6 Å². The first-order valence-electron chi connectivity index (χ1n) is 33.7. The number of allylic oxidation sites excluding steroid dienone is 2. The largest absolute Gasteiger partial charge is 0.397 e. The molecule has 0 radical (unpaired) electrons. The first kappa shape index (κ1) is 75.6. The van der Waals surface area contributed by atoms with Crippen LogP contribution in [0.2, 0.25) is 0 Å². The highest BCUT2D eigenvalue weighted by Gasteiger charge is 2.67. The first-order chi connectivity index (χ1) is 45.0. The van der Waals surface area contributed by atoms with Gasteiger partial charge in [-0.05, 0) is 119 Å². The van der Waals surface area contributed by atoms with Gasteiger partial charge in [-0.2, -0.15) is 8.42 Å². The second-order valence-corrected chi connectivity index (χ2v) is 30.8. The number of hydrogen-bond donors (Lipinski definition) is 17. The molecule has 0 spiro atoms.